The van der Waals surface area contributed by atoms with E-state index in [1.807, 2.05) is 34.6 Å². The molecule has 1 saturated carbocycles. The number of carbonyl (C=O) groups excluding carboxylic acids is 2. The molecule has 0 radical (unpaired) electrons. The van der Waals surface area contributed by atoms with Crippen molar-refractivity contribution < 1.29 is 14.3 Å². The smallest absolute Gasteiger partial charge is 0.154 e. The van der Waals surface area contributed by atoms with Gasteiger partial charge in [0.2, 0.25) is 0 Å². The summed E-state index contributed by atoms with van der Waals surface area (Å²) in [6, 6.07) is 4.15. The summed E-state index contributed by atoms with van der Waals surface area (Å²) in [5.74, 6) is -0.953. The Labute approximate surface area is 137 Å². The van der Waals surface area contributed by atoms with Gasteiger partial charge < -0.3 is 4.74 Å². The first kappa shape index (κ1) is 15.1. The molecule has 4 rings (SSSR count). The van der Waals surface area contributed by atoms with E-state index in [4.69, 9.17) is 4.74 Å². The molecule has 1 aromatic rings. The quantitative estimate of drug-likeness (QED) is 0.746. The summed E-state index contributed by atoms with van der Waals surface area (Å²) in [6.07, 6.45) is 1.75. The van der Waals surface area contributed by atoms with Gasteiger partial charge in [-0.1, -0.05) is 17.7 Å². The number of benzene rings is 1. The van der Waals surface area contributed by atoms with Crippen molar-refractivity contribution in [3.05, 3.63) is 34.4 Å². The first-order valence-corrected chi connectivity index (χ1v) is 8.53. The van der Waals surface area contributed by atoms with E-state index < -0.39 is 17.1 Å². The van der Waals surface area contributed by atoms with Crippen LogP contribution in [0.4, 0.5) is 0 Å². The van der Waals surface area contributed by atoms with E-state index in [9.17, 15) is 9.59 Å². The molecule has 23 heavy (non-hydrogen) atoms. The van der Waals surface area contributed by atoms with Crippen molar-refractivity contribution in [1.82, 2.24) is 0 Å². The molecule has 2 saturated heterocycles. The lowest BCUT2D eigenvalue weighted by Crippen LogP contribution is -2.40. The molecule has 3 aliphatic rings. The molecule has 5 atom stereocenters. The highest BCUT2D eigenvalue weighted by Crippen LogP contribution is 2.62. The van der Waals surface area contributed by atoms with Crippen molar-refractivity contribution in [1.29, 1.82) is 0 Å². The highest BCUT2D eigenvalue weighted by molar-refractivity contribution is 6.17. The summed E-state index contributed by atoms with van der Waals surface area (Å²) in [7, 11) is 0. The number of fused-ring (bicyclic) bond motifs is 5. The molecule has 1 unspecified atom stereocenters. The fourth-order valence-corrected chi connectivity index (χ4v) is 5.63. The summed E-state index contributed by atoms with van der Waals surface area (Å²) in [5, 5.41) is 0. The molecular formula is C20H24O3. The van der Waals surface area contributed by atoms with E-state index in [0.29, 0.717) is 0 Å². The van der Waals surface area contributed by atoms with Gasteiger partial charge in [0.1, 0.15) is 5.92 Å². The van der Waals surface area contributed by atoms with Gasteiger partial charge in [-0.2, -0.15) is 0 Å². The van der Waals surface area contributed by atoms with Crippen LogP contribution >= 0.6 is 0 Å². The molecule has 2 heterocycles. The van der Waals surface area contributed by atoms with Crippen LogP contribution in [-0.2, 0) is 14.3 Å². The van der Waals surface area contributed by atoms with Crippen LogP contribution in [0.15, 0.2) is 12.1 Å². The summed E-state index contributed by atoms with van der Waals surface area (Å²) < 4.78 is 6.18. The van der Waals surface area contributed by atoms with Gasteiger partial charge >= 0.3 is 0 Å². The molecule has 2 aliphatic heterocycles. The monoisotopic (exact) mass is 312 g/mol. The number of carbonyl (C=O) groups is 2. The maximum atomic E-state index is 13.2. The van der Waals surface area contributed by atoms with Crippen LogP contribution in [0, 0.1) is 32.6 Å². The lowest BCUT2D eigenvalue weighted by atomic mass is 9.69. The van der Waals surface area contributed by atoms with Crippen molar-refractivity contribution >= 4 is 11.6 Å². The molecule has 0 spiro atoms. The molecule has 2 bridgehead atoms. The molecule has 1 aromatic carbocycles. The van der Waals surface area contributed by atoms with Gasteiger partial charge in [-0.3, -0.25) is 9.59 Å². The Bertz CT molecular complexity index is 692. The van der Waals surface area contributed by atoms with Crippen molar-refractivity contribution in [3.63, 3.8) is 0 Å². The van der Waals surface area contributed by atoms with Gasteiger partial charge in [0.15, 0.2) is 11.6 Å². The Hall–Kier alpha value is -1.48. The predicted octanol–water partition coefficient (Wildman–Crippen LogP) is 3.42. The molecule has 0 amide bonds. The van der Waals surface area contributed by atoms with Crippen molar-refractivity contribution in [2.45, 2.75) is 64.6 Å². The highest BCUT2D eigenvalue weighted by atomic mass is 16.5. The first-order chi connectivity index (χ1) is 10.7. The summed E-state index contributed by atoms with van der Waals surface area (Å²) in [6.45, 7) is 10.1. The van der Waals surface area contributed by atoms with Crippen LogP contribution in [0.5, 0.6) is 0 Å². The zero-order valence-corrected chi connectivity index (χ0v) is 14.5. The number of hydrogen-bond acceptors (Lipinski definition) is 3. The minimum Gasteiger partial charge on any atom is -0.368 e. The Morgan fingerprint density at radius 3 is 1.78 bits per heavy atom. The van der Waals surface area contributed by atoms with Crippen LogP contribution in [0.25, 0.3) is 0 Å². The molecule has 122 valence electrons. The van der Waals surface area contributed by atoms with Crippen LogP contribution in [0.1, 0.15) is 54.9 Å². The maximum Gasteiger partial charge on any atom is 0.154 e. The standard InChI is InChI=1S/C20H24O3/c1-10-8-11(2)13(12(3)9-10)14-17(21)15-16(18(14)22)20(5)7-6-19(15,4)23-20/h8-9,14-16H,6-7H2,1-5H3/t14?,15-,16+,19-,20+. The maximum absolute atomic E-state index is 13.2. The summed E-state index contributed by atoms with van der Waals surface area (Å²) in [4.78, 5) is 26.4. The third-order valence-electron chi connectivity index (χ3n) is 6.44. The number of Topliss-reactive ketones (excluding diaryl/α,β-unsaturated/α-hetero) is 2. The van der Waals surface area contributed by atoms with E-state index in [2.05, 4.69) is 12.1 Å². The van der Waals surface area contributed by atoms with Crippen LogP contribution in [0.2, 0.25) is 0 Å². The number of rotatable bonds is 1. The number of hydrogen-bond donors (Lipinski definition) is 0. The number of aryl methyl sites for hydroxylation is 3. The van der Waals surface area contributed by atoms with E-state index in [-0.39, 0.29) is 23.4 Å². The number of ketones is 2. The predicted molar refractivity (Wildman–Crippen MR) is 87.5 cm³/mol. The second-order valence-electron chi connectivity index (χ2n) is 8.23. The van der Waals surface area contributed by atoms with E-state index in [0.717, 1.165) is 29.5 Å². The zero-order chi connectivity index (χ0) is 16.7. The highest BCUT2D eigenvalue weighted by Gasteiger charge is 2.72. The van der Waals surface area contributed by atoms with Gasteiger partial charge in [-0.25, -0.2) is 0 Å². The van der Waals surface area contributed by atoms with E-state index in [1.54, 1.807) is 0 Å². The minimum atomic E-state index is -0.591. The Kier molecular flexibility index (Phi) is 2.83. The Morgan fingerprint density at radius 1 is 0.913 bits per heavy atom. The van der Waals surface area contributed by atoms with Gasteiger partial charge in [-0.15, -0.1) is 0 Å². The van der Waals surface area contributed by atoms with Crippen molar-refractivity contribution in [2.24, 2.45) is 11.8 Å². The van der Waals surface area contributed by atoms with E-state index >= 15 is 0 Å². The van der Waals surface area contributed by atoms with Crippen LogP contribution in [0.3, 0.4) is 0 Å². The third-order valence-corrected chi connectivity index (χ3v) is 6.44. The lowest BCUT2D eigenvalue weighted by molar-refractivity contribution is -0.132. The molecular weight excluding hydrogens is 288 g/mol. The number of ether oxygens (including phenoxy) is 1. The molecule has 3 nitrogen and oxygen atoms in total. The minimum absolute atomic E-state index is 0.0842. The molecule has 0 N–H and O–H groups in total. The van der Waals surface area contributed by atoms with Crippen LogP contribution < -0.4 is 0 Å². The van der Waals surface area contributed by atoms with Gasteiger partial charge in [0.25, 0.3) is 0 Å². The SMILES string of the molecule is Cc1cc(C)c(C2C(=O)[C@@H]3[C@H](C2=O)[C@@]2(C)CC[C@]3(C)O2)c(C)c1. The van der Waals surface area contributed by atoms with Crippen molar-refractivity contribution in [2.75, 3.05) is 0 Å². The molecule has 3 heteroatoms. The van der Waals surface area contributed by atoms with Gasteiger partial charge in [-0.05, 0) is 64.2 Å². The topological polar surface area (TPSA) is 43.4 Å². The average Bonchev–Trinajstić information content (AvgIpc) is 2.96. The fraction of sp³-hybridized carbons (Fsp3) is 0.600. The second kappa shape index (κ2) is 4.32. The molecule has 1 aliphatic carbocycles. The average molecular weight is 312 g/mol. The largest absolute Gasteiger partial charge is 0.368 e. The fourth-order valence-electron chi connectivity index (χ4n) is 5.63. The lowest BCUT2D eigenvalue weighted by Gasteiger charge is -2.28. The first-order valence-electron chi connectivity index (χ1n) is 8.53. The summed E-state index contributed by atoms with van der Waals surface area (Å²) in [5.41, 5.74) is 3.31. The molecule has 0 aromatic heterocycles. The second-order valence-corrected chi connectivity index (χ2v) is 8.23. The van der Waals surface area contributed by atoms with Gasteiger partial charge in [0, 0.05) is 0 Å². The third kappa shape index (κ3) is 1.74. The molecule has 3 fully saturated rings. The Balaban J connectivity index is 1.85. The normalized spacial score (nSPS) is 41.7. The van der Waals surface area contributed by atoms with Crippen LogP contribution in [-0.4, -0.2) is 22.8 Å². The van der Waals surface area contributed by atoms with Crippen molar-refractivity contribution in [3.8, 4) is 0 Å². The Morgan fingerprint density at radius 2 is 1.35 bits per heavy atom. The summed E-state index contributed by atoms with van der Waals surface area (Å²) >= 11 is 0. The van der Waals surface area contributed by atoms with Gasteiger partial charge in [0.05, 0.1) is 23.0 Å². The zero-order valence-electron chi connectivity index (χ0n) is 14.5. The van der Waals surface area contributed by atoms with E-state index in [1.165, 1.54) is 5.56 Å².